The topological polar surface area (TPSA) is 87.0 Å². The molecule has 6 nitrogen and oxygen atoms in total. The van der Waals surface area contributed by atoms with Gasteiger partial charge in [-0.25, -0.2) is 0 Å². The molecule has 1 aliphatic carbocycles. The highest BCUT2D eigenvalue weighted by Gasteiger charge is 2.17. The van der Waals surface area contributed by atoms with Crippen molar-refractivity contribution in [3.05, 3.63) is 69.6 Å². The Bertz CT molecular complexity index is 1320. The maximum absolute atomic E-state index is 12.7. The molecule has 1 amide bonds. The van der Waals surface area contributed by atoms with Crippen molar-refractivity contribution in [2.75, 3.05) is 12.4 Å². The molecule has 2 aromatic carbocycles. The zero-order chi connectivity index (χ0) is 20.0. The van der Waals surface area contributed by atoms with E-state index in [0.717, 1.165) is 64.4 Å². The lowest BCUT2D eigenvalue weighted by Crippen LogP contribution is -2.19. The highest BCUT2D eigenvalue weighted by Crippen LogP contribution is 2.27. The van der Waals surface area contributed by atoms with Gasteiger partial charge in [0.25, 0.3) is 11.5 Å². The third-order valence-electron chi connectivity index (χ3n) is 5.67. The second-order valence-electron chi connectivity index (χ2n) is 7.47. The number of fused-ring (bicyclic) bond motifs is 4. The minimum atomic E-state index is -0.236. The van der Waals surface area contributed by atoms with E-state index in [1.54, 1.807) is 7.11 Å². The van der Waals surface area contributed by atoms with Gasteiger partial charge in [-0.05, 0) is 61.6 Å². The highest BCUT2D eigenvalue weighted by molar-refractivity contribution is 6.06. The van der Waals surface area contributed by atoms with Crippen LogP contribution in [0.5, 0.6) is 5.75 Å². The van der Waals surface area contributed by atoms with Crippen molar-refractivity contribution in [2.45, 2.75) is 25.7 Å². The molecule has 5 rings (SSSR count). The van der Waals surface area contributed by atoms with Crippen LogP contribution < -0.4 is 15.6 Å². The first kappa shape index (κ1) is 17.6. The molecule has 0 atom stereocenters. The number of nitrogens with one attached hydrogen (secondary N) is 3. The first-order valence-electron chi connectivity index (χ1n) is 9.78. The lowest BCUT2D eigenvalue weighted by atomic mass is 9.90. The standard InChI is InChI=1S/C23H21N3O3/c1-29-15-8-6-13-10-21(25-19(13)12-15)23(28)24-14-7-9-17-16-4-2-3-5-18(16)22(27)26-20(17)11-14/h6-12,25H,2-5H2,1H3,(H,24,28)(H,26,27). The molecule has 1 aliphatic rings. The van der Waals surface area contributed by atoms with Crippen molar-refractivity contribution < 1.29 is 9.53 Å². The van der Waals surface area contributed by atoms with Crippen LogP contribution in [0.25, 0.3) is 21.8 Å². The van der Waals surface area contributed by atoms with Crippen LogP contribution in [0.4, 0.5) is 5.69 Å². The van der Waals surface area contributed by atoms with Crippen LogP contribution >= 0.6 is 0 Å². The molecule has 146 valence electrons. The monoisotopic (exact) mass is 387 g/mol. The molecule has 0 unspecified atom stereocenters. The van der Waals surface area contributed by atoms with Crippen molar-refractivity contribution in [3.63, 3.8) is 0 Å². The average molecular weight is 387 g/mol. The van der Waals surface area contributed by atoms with Crippen LogP contribution in [0.15, 0.2) is 47.3 Å². The lowest BCUT2D eigenvalue weighted by Gasteiger charge is -2.17. The predicted molar refractivity (Wildman–Crippen MR) is 114 cm³/mol. The normalized spacial score (nSPS) is 13.4. The molecule has 4 aromatic rings. The maximum Gasteiger partial charge on any atom is 0.272 e. The summed E-state index contributed by atoms with van der Waals surface area (Å²) in [6.07, 6.45) is 3.94. The largest absolute Gasteiger partial charge is 0.497 e. The summed E-state index contributed by atoms with van der Waals surface area (Å²) >= 11 is 0. The molecule has 29 heavy (non-hydrogen) atoms. The molecule has 0 fully saturated rings. The number of pyridine rings is 1. The van der Waals surface area contributed by atoms with Crippen molar-refractivity contribution in [1.29, 1.82) is 0 Å². The van der Waals surface area contributed by atoms with Gasteiger partial charge in [-0.3, -0.25) is 9.59 Å². The zero-order valence-corrected chi connectivity index (χ0v) is 16.1. The van der Waals surface area contributed by atoms with E-state index in [-0.39, 0.29) is 11.5 Å². The van der Waals surface area contributed by atoms with Crippen LogP contribution in [0.2, 0.25) is 0 Å². The number of hydrogen-bond acceptors (Lipinski definition) is 3. The molecule has 2 heterocycles. The van der Waals surface area contributed by atoms with Crippen molar-refractivity contribution in [1.82, 2.24) is 9.97 Å². The van der Waals surface area contributed by atoms with Gasteiger partial charge in [0.1, 0.15) is 11.4 Å². The minimum Gasteiger partial charge on any atom is -0.497 e. The van der Waals surface area contributed by atoms with Gasteiger partial charge in [-0.1, -0.05) is 6.07 Å². The van der Waals surface area contributed by atoms with Gasteiger partial charge in [0.2, 0.25) is 0 Å². The van der Waals surface area contributed by atoms with E-state index < -0.39 is 0 Å². The fourth-order valence-corrected chi connectivity index (χ4v) is 4.19. The molecule has 0 saturated heterocycles. The van der Waals surface area contributed by atoms with Gasteiger partial charge in [0.15, 0.2) is 0 Å². The SMILES string of the molecule is COc1ccc2cc(C(=O)Nc3ccc4c5c(c(=O)[nH]c4c3)CCCC5)[nH]c2c1. The van der Waals surface area contributed by atoms with E-state index in [1.807, 2.05) is 42.5 Å². The summed E-state index contributed by atoms with van der Waals surface area (Å²) in [7, 11) is 1.61. The molecule has 6 heteroatoms. The molecule has 0 aliphatic heterocycles. The smallest absolute Gasteiger partial charge is 0.272 e. The van der Waals surface area contributed by atoms with Crippen molar-refractivity contribution in [3.8, 4) is 5.75 Å². The number of benzene rings is 2. The Morgan fingerprint density at radius 2 is 1.79 bits per heavy atom. The number of amides is 1. The summed E-state index contributed by atoms with van der Waals surface area (Å²) in [5.74, 6) is 0.493. The summed E-state index contributed by atoms with van der Waals surface area (Å²) in [6.45, 7) is 0. The fourth-order valence-electron chi connectivity index (χ4n) is 4.19. The first-order chi connectivity index (χ1) is 14.1. The van der Waals surface area contributed by atoms with E-state index in [0.29, 0.717) is 11.4 Å². The summed E-state index contributed by atoms with van der Waals surface area (Å²) in [6, 6.07) is 13.1. The number of aromatic nitrogens is 2. The molecule has 0 spiro atoms. The van der Waals surface area contributed by atoms with E-state index in [1.165, 1.54) is 0 Å². The van der Waals surface area contributed by atoms with Gasteiger partial charge in [0.05, 0.1) is 12.6 Å². The quantitative estimate of drug-likeness (QED) is 0.494. The molecule has 0 radical (unpaired) electrons. The van der Waals surface area contributed by atoms with E-state index in [9.17, 15) is 9.59 Å². The number of anilines is 1. The third-order valence-corrected chi connectivity index (χ3v) is 5.67. The van der Waals surface area contributed by atoms with Gasteiger partial charge in [-0.2, -0.15) is 0 Å². The van der Waals surface area contributed by atoms with Gasteiger partial charge in [0, 0.05) is 33.6 Å². The molecule has 2 aromatic heterocycles. The van der Waals surface area contributed by atoms with Gasteiger partial charge < -0.3 is 20.0 Å². The Morgan fingerprint density at radius 3 is 2.62 bits per heavy atom. The van der Waals surface area contributed by atoms with Crippen LogP contribution in [0, 0.1) is 0 Å². The average Bonchev–Trinajstić information content (AvgIpc) is 3.17. The molecular weight excluding hydrogens is 366 g/mol. The highest BCUT2D eigenvalue weighted by atomic mass is 16.5. The number of rotatable bonds is 3. The Balaban J connectivity index is 1.47. The summed E-state index contributed by atoms with van der Waals surface area (Å²) in [5.41, 5.74) is 4.75. The Hall–Kier alpha value is -3.54. The second-order valence-corrected chi connectivity index (χ2v) is 7.47. The summed E-state index contributed by atoms with van der Waals surface area (Å²) < 4.78 is 5.23. The third kappa shape index (κ3) is 3.06. The Labute approximate surface area is 166 Å². The Morgan fingerprint density at radius 1 is 0.966 bits per heavy atom. The maximum atomic E-state index is 12.7. The van der Waals surface area contributed by atoms with Gasteiger partial charge in [-0.15, -0.1) is 0 Å². The first-order valence-corrected chi connectivity index (χ1v) is 9.78. The lowest BCUT2D eigenvalue weighted by molar-refractivity contribution is 0.102. The molecular formula is C23H21N3O3. The number of carbonyl (C=O) groups excluding carboxylic acids is 1. The van der Waals surface area contributed by atoms with E-state index in [2.05, 4.69) is 15.3 Å². The second kappa shape index (κ2) is 6.81. The van der Waals surface area contributed by atoms with Crippen LogP contribution in [-0.4, -0.2) is 23.0 Å². The predicted octanol–water partition coefficient (Wildman–Crippen LogP) is 4.15. The minimum absolute atomic E-state index is 0.0137. The number of hydrogen-bond donors (Lipinski definition) is 3. The van der Waals surface area contributed by atoms with Crippen molar-refractivity contribution in [2.24, 2.45) is 0 Å². The number of aryl methyl sites for hydroxylation is 1. The summed E-state index contributed by atoms with van der Waals surface area (Å²) in [4.78, 5) is 31.3. The van der Waals surface area contributed by atoms with E-state index in [4.69, 9.17) is 4.74 Å². The zero-order valence-electron chi connectivity index (χ0n) is 16.1. The number of methoxy groups -OCH3 is 1. The Kier molecular flexibility index (Phi) is 4.12. The molecule has 3 N–H and O–H groups in total. The van der Waals surface area contributed by atoms with Crippen LogP contribution in [-0.2, 0) is 12.8 Å². The number of H-pyrrole nitrogens is 2. The number of aromatic amines is 2. The summed E-state index contributed by atoms with van der Waals surface area (Å²) in [5, 5.41) is 4.92. The van der Waals surface area contributed by atoms with Crippen LogP contribution in [0.3, 0.4) is 0 Å². The molecule has 0 saturated carbocycles. The van der Waals surface area contributed by atoms with Crippen LogP contribution in [0.1, 0.15) is 34.5 Å². The van der Waals surface area contributed by atoms with E-state index >= 15 is 0 Å². The van der Waals surface area contributed by atoms with Gasteiger partial charge >= 0.3 is 0 Å². The fraction of sp³-hybridized carbons (Fsp3) is 0.217. The number of carbonyl (C=O) groups is 1. The number of ether oxygens (including phenoxy) is 1. The molecule has 0 bridgehead atoms. The van der Waals surface area contributed by atoms with Crippen molar-refractivity contribution >= 4 is 33.4 Å².